The van der Waals surface area contributed by atoms with Gasteiger partial charge in [-0.1, -0.05) is 0 Å². The molecule has 250 valence electrons. The average Bonchev–Trinajstić information content (AvgIpc) is 3.70. The second-order valence-corrected chi connectivity index (χ2v) is 16.1. The van der Waals surface area contributed by atoms with E-state index in [0.717, 1.165) is 10.9 Å². The minimum Gasteiger partial charge on any atom is -0.382 e. The summed E-state index contributed by atoms with van der Waals surface area (Å²) < 4.78 is 60.6. The molecular formula is C21H26F2N10O9P2S2. The molecule has 6 rings (SSSR count). The Bertz CT molecular complexity index is 1960. The van der Waals surface area contributed by atoms with Gasteiger partial charge in [0.1, 0.15) is 42.1 Å². The number of anilines is 2. The number of aromatic amines is 1. The predicted octanol–water partition coefficient (Wildman–Crippen LogP) is 0.569. The normalized spacial score (nSPS) is 27.9. The summed E-state index contributed by atoms with van der Waals surface area (Å²) in [5.41, 5.74) is 9.70. The zero-order valence-corrected chi connectivity index (χ0v) is 26.8. The maximum absolute atomic E-state index is 15.1. The van der Waals surface area contributed by atoms with Crippen molar-refractivity contribution in [2.24, 2.45) is 0 Å². The first-order chi connectivity index (χ1) is 21.4. The molecule has 2 aliphatic heterocycles. The number of imidazole rings is 2. The van der Waals surface area contributed by atoms with Crippen LogP contribution >= 0.6 is 13.4 Å². The molecular weight excluding hydrogens is 700 g/mol. The van der Waals surface area contributed by atoms with Crippen LogP contribution in [0.1, 0.15) is 32.2 Å². The Morgan fingerprint density at radius 3 is 2.50 bits per heavy atom. The van der Waals surface area contributed by atoms with E-state index in [9.17, 15) is 19.5 Å². The summed E-state index contributed by atoms with van der Waals surface area (Å²) in [6.45, 7) is -8.41. The van der Waals surface area contributed by atoms with E-state index in [1.165, 1.54) is 24.1 Å². The van der Waals surface area contributed by atoms with Crippen molar-refractivity contribution in [2.75, 3.05) is 24.7 Å². The summed E-state index contributed by atoms with van der Waals surface area (Å²) in [5.74, 6) is -3.60. The fourth-order valence-corrected chi connectivity index (χ4v) is 7.24. The minimum atomic E-state index is -4.31. The van der Waals surface area contributed by atoms with E-state index in [0.29, 0.717) is 5.65 Å². The topological polar surface area (TPSA) is 266 Å². The van der Waals surface area contributed by atoms with Gasteiger partial charge >= 0.3 is 13.4 Å². The smallest absolute Gasteiger partial charge is 0.324 e. The van der Waals surface area contributed by atoms with Crippen molar-refractivity contribution in [2.45, 2.75) is 56.0 Å². The highest BCUT2D eigenvalue weighted by Crippen LogP contribution is 2.53. The number of hydrogen-bond donors (Lipinski definition) is 6. The summed E-state index contributed by atoms with van der Waals surface area (Å²) in [6.07, 6.45) is -2.40. The largest absolute Gasteiger partial charge is 0.382 e. The first-order valence-corrected chi connectivity index (χ1v) is 18.4. The molecule has 0 bridgehead atoms. The third-order valence-corrected chi connectivity index (χ3v) is 9.72. The lowest BCUT2D eigenvalue weighted by Crippen LogP contribution is -2.42. The van der Waals surface area contributed by atoms with E-state index in [1.807, 2.05) is 0 Å². The Hall–Kier alpha value is -2.66. The number of H-pyrrole nitrogens is 1. The van der Waals surface area contributed by atoms with Crippen molar-refractivity contribution < 1.29 is 46.5 Å². The Morgan fingerprint density at radius 2 is 1.78 bits per heavy atom. The molecule has 2 fully saturated rings. The second kappa shape index (κ2) is 11.8. The molecule has 2 saturated heterocycles. The van der Waals surface area contributed by atoms with Crippen LogP contribution in [0.4, 0.5) is 20.5 Å². The van der Waals surface area contributed by atoms with Crippen LogP contribution in [0.15, 0.2) is 23.8 Å². The average molecular weight is 727 g/mol. The van der Waals surface area contributed by atoms with E-state index >= 15 is 8.78 Å². The molecule has 0 amide bonds. The highest BCUT2D eigenvalue weighted by molar-refractivity contribution is 8.07. The van der Waals surface area contributed by atoms with Crippen LogP contribution in [-0.4, -0.2) is 90.7 Å². The zero-order chi connectivity index (χ0) is 33.2. The van der Waals surface area contributed by atoms with E-state index < -0.39 is 74.8 Å². The maximum atomic E-state index is 15.1. The van der Waals surface area contributed by atoms with Crippen molar-refractivity contribution >= 4 is 71.1 Å². The summed E-state index contributed by atoms with van der Waals surface area (Å²) in [5, 5.41) is 0. The Morgan fingerprint density at radius 1 is 1.09 bits per heavy atom. The molecule has 4 aromatic heterocycles. The molecule has 6 heterocycles. The summed E-state index contributed by atoms with van der Waals surface area (Å²) in [7, 11) is 0. The standard InChI is InChI=1S/C21H26F2N10O9P2S2/c1-20(5-39-43(35,36)45)9(2-11(41-20)32-7-28-13-15(24)26-6-27-16(13)32)42-44(37,46)38-4-10-21(22,23)3-12(40-10)33-8-29-14-17(33)30-19(25)31-18(14)34/h6-12H,2-5H2,1H3,(H,37,46)(H2,24,26,27)(H2,35,36,45)(H3,25,30,31,34)/t9-,10+,11+,12+,20+,44?/m0/s1. The highest BCUT2D eigenvalue weighted by atomic mass is 32.5. The molecule has 0 radical (unpaired) electrons. The molecule has 19 nitrogen and oxygen atoms in total. The van der Waals surface area contributed by atoms with Crippen LogP contribution in [0.5, 0.6) is 0 Å². The lowest BCUT2D eigenvalue weighted by molar-refractivity contribution is -0.113. The molecule has 1 unspecified atom stereocenters. The molecule has 4 aromatic rings. The number of nitrogens with one attached hydrogen (secondary N) is 1. The van der Waals surface area contributed by atoms with Gasteiger partial charge in [0.25, 0.3) is 11.5 Å². The SMILES string of the molecule is C[C@]1(COP(O)(O)=S)O[C@@H](n2cnc3c(N)ncnc32)C[C@@H]1OP(O)(=S)OC[C@H]1O[C@@H](n2cnc3c(=O)[nH]c(N)nc32)CC1(F)F. The van der Waals surface area contributed by atoms with Crippen molar-refractivity contribution in [1.29, 1.82) is 0 Å². The van der Waals surface area contributed by atoms with Gasteiger partial charge in [0.15, 0.2) is 22.6 Å². The van der Waals surface area contributed by atoms with E-state index in [-0.39, 0.29) is 34.9 Å². The van der Waals surface area contributed by atoms with E-state index in [1.54, 1.807) is 0 Å². The van der Waals surface area contributed by atoms with Crippen LogP contribution < -0.4 is 17.0 Å². The monoisotopic (exact) mass is 726 g/mol. The fraction of sp³-hybridized carbons (Fsp3) is 0.524. The van der Waals surface area contributed by atoms with Crippen LogP contribution in [0.2, 0.25) is 0 Å². The summed E-state index contributed by atoms with van der Waals surface area (Å²) >= 11 is 9.72. The molecule has 0 saturated carbocycles. The van der Waals surface area contributed by atoms with Gasteiger partial charge in [0.05, 0.1) is 32.3 Å². The molecule has 46 heavy (non-hydrogen) atoms. The number of aromatic nitrogens is 8. The zero-order valence-electron chi connectivity index (χ0n) is 23.4. The first-order valence-electron chi connectivity index (χ1n) is 13.2. The van der Waals surface area contributed by atoms with Crippen molar-refractivity contribution in [3.63, 3.8) is 0 Å². The number of alkyl halides is 2. The number of nitrogen functional groups attached to an aromatic ring is 2. The van der Waals surface area contributed by atoms with Crippen LogP contribution in [0, 0.1) is 0 Å². The van der Waals surface area contributed by atoms with Crippen molar-refractivity contribution in [3.05, 3.63) is 29.3 Å². The van der Waals surface area contributed by atoms with Gasteiger partial charge in [0, 0.05) is 6.42 Å². The minimum absolute atomic E-state index is 0.0433. The molecule has 0 spiro atoms. The number of hydrogen-bond acceptors (Lipinski definition) is 15. The van der Waals surface area contributed by atoms with Crippen LogP contribution in [0.25, 0.3) is 22.3 Å². The quantitative estimate of drug-likeness (QED) is 0.122. The summed E-state index contributed by atoms with van der Waals surface area (Å²) in [6, 6.07) is 0. The van der Waals surface area contributed by atoms with Gasteiger partial charge in [0.2, 0.25) is 5.95 Å². The molecule has 0 aliphatic carbocycles. The number of nitrogens with two attached hydrogens (primary N) is 2. The predicted molar refractivity (Wildman–Crippen MR) is 161 cm³/mol. The number of nitrogens with zero attached hydrogens (tertiary/aromatic N) is 7. The molecule has 2 aliphatic rings. The van der Waals surface area contributed by atoms with Gasteiger partial charge in [-0.3, -0.25) is 18.9 Å². The molecule has 25 heteroatoms. The second-order valence-electron chi connectivity index (χ2n) is 10.6. The van der Waals surface area contributed by atoms with Crippen molar-refractivity contribution in [1.82, 2.24) is 39.0 Å². The number of halogens is 2. The Labute approximate surface area is 266 Å². The van der Waals surface area contributed by atoms with Crippen LogP contribution in [0.3, 0.4) is 0 Å². The van der Waals surface area contributed by atoms with Gasteiger partial charge in [-0.2, -0.15) is 4.98 Å². The van der Waals surface area contributed by atoms with Gasteiger partial charge < -0.3 is 49.2 Å². The van der Waals surface area contributed by atoms with Crippen molar-refractivity contribution in [3.8, 4) is 0 Å². The molecule has 6 atom stereocenters. The van der Waals surface area contributed by atoms with Gasteiger partial charge in [-0.15, -0.1) is 0 Å². The number of ether oxygens (including phenoxy) is 2. The summed E-state index contributed by atoms with van der Waals surface area (Å²) in [4.78, 5) is 64.8. The number of rotatable bonds is 10. The Kier molecular flexibility index (Phi) is 8.52. The lowest BCUT2D eigenvalue weighted by atomic mass is 10.0. The van der Waals surface area contributed by atoms with E-state index in [2.05, 4.69) is 41.7 Å². The lowest BCUT2D eigenvalue weighted by Gasteiger charge is -2.32. The number of fused-ring (bicyclic) bond motifs is 2. The fourth-order valence-electron chi connectivity index (χ4n) is 5.15. The maximum Gasteiger partial charge on any atom is 0.324 e. The molecule has 0 aromatic carbocycles. The van der Waals surface area contributed by atoms with E-state index in [4.69, 9.17) is 46.3 Å². The third-order valence-electron chi connectivity index (χ3n) is 7.37. The molecule has 8 N–H and O–H groups in total. The van der Waals surface area contributed by atoms with Crippen LogP contribution in [-0.2, 0) is 46.7 Å². The third kappa shape index (κ3) is 6.55. The Balaban J connectivity index is 1.18. The van der Waals surface area contributed by atoms with Gasteiger partial charge in [-0.05, 0) is 30.5 Å². The first kappa shape index (κ1) is 33.2. The van der Waals surface area contributed by atoms with Gasteiger partial charge in [-0.25, -0.2) is 28.7 Å². The highest BCUT2D eigenvalue weighted by Gasteiger charge is 2.53.